The number of hydrogen-bond donors (Lipinski definition) is 1. The Bertz CT molecular complexity index is 564. The fraction of sp³-hybridized carbons (Fsp3) is 0.353. The molecular formula is C17H23N3. The zero-order valence-electron chi connectivity index (χ0n) is 12.6. The molecule has 2 N–H and O–H groups in total. The summed E-state index contributed by atoms with van der Waals surface area (Å²) in [7, 11) is 2.13. The van der Waals surface area contributed by atoms with E-state index in [2.05, 4.69) is 54.2 Å². The Morgan fingerprint density at radius 2 is 1.85 bits per heavy atom. The molecule has 2 rings (SSSR count). The largest absolute Gasteiger partial charge is 0.398 e. The summed E-state index contributed by atoms with van der Waals surface area (Å²) in [4.78, 5) is 6.80. The number of pyridine rings is 1. The van der Waals surface area contributed by atoms with Gasteiger partial charge in [0.25, 0.3) is 0 Å². The van der Waals surface area contributed by atoms with Crippen molar-refractivity contribution < 1.29 is 0 Å². The third kappa shape index (κ3) is 3.58. The smallest absolute Gasteiger partial charge is 0.0593 e. The molecular weight excluding hydrogens is 246 g/mol. The number of anilines is 1. The summed E-state index contributed by atoms with van der Waals surface area (Å²) in [6.45, 7) is 5.90. The van der Waals surface area contributed by atoms with E-state index in [1.807, 2.05) is 13.1 Å². The van der Waals surface area contributed by atoms with Crippen LogP contribution in [0.5, 0.6) is 0 Å². The topological polar surface area (TPSA) is 42.2 Å². The summed E-state index contributed by atoms with van der Waals surface area (Å²) < 4.78 is 0. The lowest BCUT2D eigenvalue weighted by molar-refractivity contribution is 0.326. The average molecular weight is 269 g/mol. The first-order valence-corrected chi connectivity index (χ1v) is 7.01. The Kier molecular flexibility index (Phi) is 4.74. The fourth-order valence-corrected chi connectivity index (χ4v) is 2.25. The Morgan fingerprint density at radius 1 is 1.15 bits per heavy atom. The van der Waals surface area contributed by atoms with Gasteiger partial charge in [0.2, 0.25) is 0 Å². The molecule has 0 radical (unpaired) electrons. The summed E-state index contributed by atoms with van der Waals surface area (Å²) in [5, 5.41) is 0. The molecule has 0 unspecified atom stereocenters. The van der Waals surface area contributed by atoms with Gasteiger partial charge in [-0.15, -0.1) is 0 Å². The maximum Gasteiger partial charge on any atom is 0.0593 e. The van der Waals surface area contributed by atoms with E-state index < -0.39 is 0 Å². The van der Waals surface area contributed by atoms with Gasteiger partial charge in [0.15, 0.2) is 0 Å². The highest BCUT2D eigenvalue weighted by Crippen LogP contribution is 2.18. The summed E-state index contributed by atoms with van der Waals surface area (Å²) in [5.41, 5.74) is 11.5. The lowest BCUT2D eigenvalue weighted by atomic mass is 10.1. The zero-order valence-corrected chi connectivity index (χ0v) is 12.6. The van der Waals surface area contributed by atoms with E-state index in [-0.39, 0.29) is 0 Å². The SMILES string of the molecule is Cc1cnc(CN(C)CCc2ccccc2)c(C)c1N. The second kappa shape index (κ2) is 6.53. The molecule has 3 heteroatoms. The third-order valence-corrected chi connectivity index (χ3v) is 3.72. The standard InChI is InChI=1S/C17H23N3/c1-13-11-19-16(14(2)17(13)18)12-20(3)10-9-15-7-5-4-6-8-15/h4-8,11H,9-10,12H2,1-3H3,(H2,18,19). The van der Waals surface area contributed by atoms with Crippen LogP contribution < -0.4 is 5.73 Å². The number of benzene rings is 1. The van der Waals surface area contributed by atoms with Gasteiger partial charge in [0.1, 0.15) is 0 Å². The van der Waals surface area contributed by atoms with Crippen LogP contribution >= 0.6 is 0 Å². The van der Waals surface area contributed by atoms with Crippen molar-refractivity contribution in [2.24, 2.45) is 0 Å². The second-order valence-electron chi connectivity index (χ2n) is 5.40. The highest BCUT2D eigenvalue weighted by molar-refractivity contribution is 5.53. The lowest BCUT2D eigenvalue weighted by Crippen LogP contribution is -2.22. The predicted octanol–water partition coefficient (Wildman–Crippen LogP) is 2.96. The van der Waals surface area contributed by atoms with Crippen LogP contribution in [-0.2, 0) is 13.0 Å². The van der Waals surface area contributed by atoms with E-state index in [1.54, 1.807) is 0 Å². The Labute approximate surface area is 121 Å². The van der Waals surface area contributed by atoms with Crippen molar-refractivity contribution in [1.82, 2.24) is 9.88 Å². The monoisotopic (exact) mass is 269 g/mol. The molecule has 0 aliphatic heterocycles. The molecule has 0 fully saturated rings. The van der Waals surface area contributed by atoms with Gasteiger partial charge >= 0.3 is 0 Å². The molecule has 3 nitrogen and oxygen atoms in total. The first-order chi connectivity index (χ1) is 9.58. The first kappa shape index (κ1) is 14.5. The number of nitrogens with two attached hydrogens (primary N) is 1. The highest BCUT2D eigenvalue weighted by atomic mass is 15.1. The molecule has 2 aromatic rings. The highest BCUT2D eigenvalue weighted by Gasteiger charge is 2.08. The average Bonchev–Trinajstić information content (AvgIpc) is 2.47. The van der Waals surface area contributed by atoms with Crippen LogP contribution in [0.15, 0.2) is 36.5 Å². The van der Waals surface area contributed by atoms with Gasteiger partial charge in [0, 0.05) is 25.0 Å². The van der Waals surface area contributed by atoms with Crippen molar-refractivity contribution in [2.75, 3.05) is 19.3 Å². The number of aromatic nitrogens is 1. The van der Waals surface area contributed by atoms with Crippen LogP contribution in [0.2, 0.25) is 0 Å². The number of nitrogen functional groups attached to an aromatic ring is 1. The zero-order chi connectivity index (χ0) is 14.5. The number of hydrogen-bond acceptors (Lipinski definition) is 3. The number of nitrogens with zero attached hydrogens (tertiary/aromatic N) is 2. The minimum Gasteiger partial charge on any atom is -0.398 e. The predicted molar refractivity (Wildman–Crippen MR) is 84.6 cm³/mol. The van der Waals surface area contributed by atoms with Gasteiger partial charge in [0.05, 0.1) is 5.69 Å². The van der Waals surface area contributed by atoms with Gasteiger partial charge in [-0.05, 0) is 44.0 Å². The van der Waals surface area contributed by atoms with Crippen molar-refractivity contribution in [3.05, 3.63) is 58.9 Å². The number of rotatable bonds is 5. The van der Waals surface area contributed by atoms with Crippen LogP contribution in [-0.4, -0.2) is 23.5 Å². The van der Waals surface area contributed by atoms with Crippen molar-refractivity contribution in [3.63, 3.8) is 0 Å². The van der Waals surface area contributed by atoms with Gasteiger partial charge in [-0.25, -0.2) is 0 Å². The molecule has 0 aliphatic carbocycles. The normalized spacial score (nSPS) is 11.0. The van der Waals surface area contributed by atoms with Gasteiger partial charge in [-0.2, -0.15) is 0 Å². The van der Waals surface area contributed by atoms with Crippen molar-refractivity contribution in [1.29, 1.82) is 0 Å². The van der Waals surface area contributed by atoms with E-state index in [4.69, 9.17) is 5.73 Å². The lowest BCUT2D eigenvalue weighted by Gasteiger charge is -2.18. The quantitative estimate of drug-likeness (QED) is 0.907. The van der Waals surface area contributed by atoms with E-state index >= 15 is 0 Å². The molecule has 0 bridgehead atoms. The van der Waals surface area contributed by atoms with E-state index in [0.717, 1.165) is 42.0 Å². The Balaban J connectivity index is 1.95. The Morgan fingerprint density at radius 3 is 2.55 bits per heavy atom. The first-order valence-electron chi connectivity index (χ1n) is 7.01. The molecule has 0 amide bonds. The number of aryl methyl sites for hydroxylation is 1. The van der Waals surface area contributed by atoms with Gasteiger partial charge in [-0.3, -0.25) is 4.98 Å². The number of likely N-dealkylation sites (N-methyl/N-ethyl adjacent to an activating group) is 1. The summed E-state index contributed by atoms with van der Waals surface area (Å²) >= 11 is 0. The Hall–Kier alpha value is -1.87. The van der Waals surface area contributed by atoms with Crippen LogP contribution in [0, 0.1) is 13.8 Å². The molecule has 0 atom stereocenters. The minimum atomic E-state index is 0.836. The molecule has 0 saturated heterocycles. The fourth-order valence-electron chi connectivity index (χ4n) is 2.25. The third-order valence-electron chi connectivity index (χ3n) is 3.72. The molecule has 106 valence electrons. The van der Waals surface area contributed by atoms with Crippen LogP contribution in [0.4, 0.5) is 5.69 Å². The second-order valence-corrected chi connectivity index (χ2v) is 5.40. The van der Waals surface area contributed by atoms with E-state index in [9.17, 15) is 0 Å². The molecule has 1 aromatic carbocycles. The van der Waals surface area contributed by atoms with Crippen molar-refractivity contribution >= 4 is 5.69 Å². The maximum atomic E-state index is 6.06. The summed E-state index contributed by atoms with van der Waals surface area (Å²) in [6, 6.07) is 10.6. The van der Waals surface area contributed by atoms with Crippen LogP contribution in [0.3, 0.4) is 0 Å². The van der Waals surface area contributed by atoms with Crippen molar-refractivity contribution in [2.45, 2.75) is 26.8 Å². The summed E-state index contributed by atoms with van der Waals surface area (Å²) in [6.07, 6.45) is 2.92. The molecule has 1 heterocycles. The molecule has 0 aliphatic rings. The van der Waals surface area contributed by atoms with E-state index in [0.29, 0.717) is 0 Å². The summed E-state index contributed by atoms with van der Waals surface area (Å²) in [5.74, 6) is 0. The molecule has 0 spiro atoms. The molecule has 20 heavy (non-hydrogen) atoms. The van der Waals surface area contributed by atoms with Gasteiger partial charge in [-0.1, -0.05) is 30.3 Å². The maximum absolute atomic E-state index is 6.06. The van der Waals surface area contributed by atoms with Crippen LogP contribution in [0.1, 0.15) is 22.4 Å². The van der Waals surface area contributed by atoms with Crippen molar-refractivity contribution in [3.8, 4) is 0 Å². The van der Waals surface area contributed by atoms with Crippen LogP contribution in [0.25, 0.3) is 0 Å². The molecule has 0 saturated carbocycles. The molecule has 1 aromatic heterocycles. The minimum absolute atomic E-state index is 0.836. The van der Waals surface area contributed by atoms with Gasteiger partial charge < -0.3 is 10.6 Å². The van der Waals surface area contributed by atoms with E-state index in [1.165, 1.54) is 5.56 Å².